The molecule has 1 heterocycles. The Morgan fingerprint density at radius 2 is 2.00 bits per heavy atom. The summed E-state index contributed by atoms with van der Waals surface area (Å²) >= 11 is 0. The first-order chi connectivity index (χ1) is 8.02. The van der Waals surface area contributed by atoms with E-state index in [1.165, 1.54) is 0 Å². The molecular formula is C11H24N2O3S. The van der Waals surface area contributed by atoms with Crippen molar-refractivity contribution < 1.29 is 13.2 Å². The first-order valence-corrected chi connectivity index (χ1v) is 7.79. The molecule has 1 rings (SSSR count). The van der Waals surface area contributed by atoms with Crippen LogP contribution in [-0.4, -0.2) is 50.8 Å². The topological polar surface area (TPSA) is 72.6 Å². The van der Waals surface area contributed by atoms with Crippen LogP contribution in [0, 0.1) is 5.92 Å². The smallest absolute Gasteiger partial charge is 0.217 e. The zero-order valence-electron chi connectivity index (χ0n) is 10.8. The van der Waals surface area contributed by atoms with Gasteiger partial charge in [-0.3, -0.25) is 0 Å². The van der Waals surface area contributed by atoms with Crippen LogP contribution >= 0.6 is 0 Å². The third kappa shape index (κ3) is 3.91. The van der Waals surface area contributed by atoms with Gasteiger partial charge in [0.1, 0.15) is 0 Å². The van der Waals surface area contributed by atoms with Crippen molar-refractivity contribution in [2.75, 3.05) is 32.8 Å². The zero-order valence-corrected chi connectivity index (χ0v) is 11.6. The van der Waals surface area contributed by atoms with Crippen molar-refractivity contribution in [1.82, 2.24) is 4.31 Å². The van der Waals surface area contributed by atoms with Gasteiger partial charge >= 0.3 is 0 Å². The third-order valence-corrected chi connectivity index (χ3v) is 5.66. The maximum atomic E-state index is 12.4. The largest absolute Gasteiger partial charge is 0.381 e. The van der Waals surface area contributed by atoms with E-state index in [0.717, 1.165) is 0 Å². The molecule has 1 fully saturated rings. The summed E-state index contributed by atoms with van der Waals surface area (Å²) in [5.41, 5.74) is 5.56. The molecule has 0 bridgehead atoms. The van der Waals surface area contributed by atoms with Crippen molar-refractivity contribution in [2.24, 2.45) is 11.7 Å². The summed E-state index contributed by atoms with van der Waals surface area (Å²) < 4.78 is 31.6. The number of sulfonamides is 1. The molecule has 1 aliphatic heterocycles. The summed E-state index contributed by atoms with van der Waals surface area (Å²) in [6, 6.07) is 0. The van der Waals surface area contributed by atoms with Crippen LogP contribution in [0.25, 0.3) is 0 Å². The van der Waals surface area contributed by atoms with E-state index in [1.807, 2.05) is 13.8 Å². The Morgan fingerprint density at radius 1 is 1.41 bits per heavy atom. The molecule has 5 nitrogen and oxygen atoms in total. The van der Waals surface area contributed by atoms with Crippen LogP contribution in [0.5, 0.6) is 0 Å². The Balaban J connectivity index is 2.70. The number of nitrogens with zero attached hydrogens (tertiary/aromatic N) is 1. The molecule has 0 amide bonds. The molecule has 6 heteroatoms. The highest BCUT2D eigenvalue weighted by atomic mass is 32.2. The quantitative estimate of drug-likeness (QED) is 0.754. The van der Waals surface area contributed by atoms with Crippen LogP contribution in [0.3, 0.4) is 0 Å². The van der Waals surface area contributed by atoms with E-state index in [9.17, 15) is 8.42 Å². The van der Waals surface area contributed by atoms with Crippen molar-refractivity contribution >= 4 is 10.0 Å². The SMILES string of the molecule is CCN(CC(C)CN)S(=O)(=O)C1CCOCC1. The molecule has 0 aliphatic carbocycles. The van der Waals surface area contributed by atoms with Crippen molar-refractivity contribution in [1.29, 1.82) is 0 Å². The molecule has 1 unspecified atom stereocenters. The predicted molar refractivity (Wildman–Crippen MR) is 68.2 cm³/mol. The van der Waals surface area contributed by atoms with Gasteiger partial charge in [-0.25, -0.2) is 12.7 Å². The Bertz CT molecular complexity index is 313. The van der Waals surface area contributed by atoms with E-state index < -0.39 is 10.0 Å². The summed E-state index contributed by atoms with van der Waals surface area (Å²) in [7, 11) is -3.18. The molecular weight excluding hydrogens is 240 g/mol. The van der Waals surface area contributed by atoms with E-state index in [0.29, 0.717) is 45.7 Å². The van der Waals surface area contributed by atoms with Gasteiger partial charge in [-0.2, -0.15) is 0 Å². The molecule has 0 aromatic rings. The molecule has 102 valence electrons. The normalized spacial score (nSPS) is 20.7. The lowest BCUT2D eigenvalue weighted by atomic mass is 10.2. The minimum absolute atomic E-state index is 0.199. The minimum atomic E-state index is -3.18. The lowest BCUT2D eigenvalue weighted by molar-refractivity contribution is 0.0971. The number of hydrogen-bond acceptors (Lipinski definition) is 4. The van der Waals surface area contributed by atoms with Gasteiger partial charge in [0.2, 0.25) is 10.0 Å². The zero-order chi connectivity index (χ0) is 12.9. The first kappa shape index (κ1) is 14.9. The summed E-state index contributed by atoms with van der Waals surface area (Å²) in [6.07, 6.45) is 1.21. The third-order valence-electron chi connectivity index (χ3n) is 3.22. The molecule has 1 atom stereocenters. The van der Waals surface area contributed by atoms with Crippen LogP contribution in [0.1, 0.15) is 26.7 Å². The summed E-state index contributed by atoms with van der Waals surface area (Å²) in [6.45, 7) is 6.50. The van der Waals surface area contributed by atoms with E-state index in [2.05, 4.69) is 0 Å². The molecule has 0 radical (unpaired) electrons. The second kappa shape index (κ2) is 6.68. The van der Waals surface area contributed by atoms with E-state index in [1.54, 1.807) is 4.31 Å². The van der Waals surface area contributed by atoms with Crippen molar-refractivity contribution in [2.45, 2.75) is 31.9 Å². The van der Waals surface area contributed by atoms with Crippen molar-refractivity contribution in [3.05, 3.63) is 0 Å². The van der Waals surface area contributed by atoms with Crippen molar-refractivity contribution in [3.8, 4) is 0 Å². The van der Waals surface area contributed by atoms with E-state index >= 15 is 0 Å². The molecule has 17 heavy (non-hydrogen) atoms. The van der Waals surface area contributed by atoms with Gasteiger partial charge in [-0.05, 0) is 25.3 Å². The minimum Gasteiger partial charge on any atom is -0.381 e. The van der Waals surface area contributed by atoms with Crippen LogP contribution in [0.4, 0.5) is 0 Å². The Morgan fingerprint density at radius 3 is 2.47 bits per heavy atom. The average molecular weight is 264 g/mol. The average Bonchev–Trinajstić information content (AvgIpc) is 2.36. The van der Waals surface area contributed by atoms with Crippen LogP contribution in [0.2, 0.25) is 0 Å². The Kier molecular flexibility index (Phi) is 5.85. The van der Waals surface area contributed by atoms with E-state index in [4.69, 9.17) is 10.5 Å². The highest BCUT2D eigenvalue weighted by Crippen LogP contribution is 2.20. The highest BCUT2D eigenvalue weighted by molar-refractivity contribution is 7.89. The van der Waals surface area contributed by atoms with Crippen LogP contribution < -0.4 is 5.73 Å². The molecule has 1 saturated heterocycles. The fourth-order valence-corrected chi connectivity index (χ4v) is 4.05. The monoisotopic (exact) mass is 264 g/mol. The van der Waals surface area contributed by atoms with Crippen LogP contribution in [-0.2, 0) is 14.8 Å². The van der Waals surface area contributed by atoms with Gasteiger partial charge in [-0.15, -0.1) is 0 Å². The number of ether oxygens (including phenoxy) is 1. The van der Waals surface area contributed by atoms with Crippen molar-refractivity contribution in [3.63, 3.8) is 0 Å². The molecule has 1 aliphatic rings. The van der Waals surface area contributed by atoms with Gasteiger partial charge in [0.15, 0.2) is 0 Å². The lowest BCUT2D eigenvalue weighted by Crippen LogP contribution is -2.43. The number of rotatable bonds is 6. The standard InChI is InChI=1S/C11H24N2O3S/c1-3-13(9-10(2)8-12)17(14,15)11-4-6-16-7-5-11/h10-11H,3-9,12H2,1-2H3. The molecule has 0 aromatic heterocycles. The molecule has 0 saturated carbocycles. The summed E-state index contributed by atoms with van der Waals surface area (Å²) in [4.78, 5) is 0. The Hall–Kier alpha value is -0.170. The summed E-state index contributed by atoms with van der Waals surface area (Å²) in [5.74, 6) is 0.199. The van der Waals surface area contributed by atoms with Gasteiger partial charge in [0.25, 0.3) is 0 Å². The molecule has 0 aromatic carbocycles. The van der Waals surface area contributed by atoms with Gasteiger partial charge in [-0.1, -0.05) is 13.8 Å². The van der Waals surface area contributed by atoms with Gasteiger partial charge in [0, 0.05) is 26.3 Å². The number of nitrogens with two attached hydrogens (primary N) is 1. The van der Waals surface area contributed by atoms with Gasteiger partial charge in [0.05, 0.1) is 5.25 Å². The predicted octanol–water partition coefficient (Wildman–Crippen LogP) is 0.412. The van der Waals surface area contributed by atoms with Crippen LogP contribution in [0.15, 0.2) is 0 Å². The van der Waals surface area contributed by atoms with Gasteiger partial charge < -0.3 is 10.5 Å². The maximum Gasteiger partial charge on any atom is 0.217 e. The number of hydrogen-bond donors (Lipinski definition) is 1. The fourth-order valence-electron chi connectivity index (χ4n) is 2.02. The second-order valence-corrected chi connectivity index (χ2v) is 6.86. The molecule has 0 spiro atoms. The second-order valence-electron chi connectivity index (χ2n) is 4.65. The van der Waals surface area contributed by atoms with E-state index in [-0.39, 0.29) is 11.2 Å². The Labute approximate surface area is 104 Å². The maximum absolute atomic E-state index is 12.4. The fraction of sp³-hybridized carbons (Fsp3) is 1.00. The first-order valence-electron chi connectivity index (χ1n) is 6.29. The lowest BCUT2D eigenvalue weighted by Gasteiger charge is -2.30. The molecule has 2 N–H and O–H groups in total. The summed E-state index contributed by atoms with van der Waals surface area (Å²) in [5, 5.41) is -0.277. The highest BCUT2D eigenvalue weighted by Gasteiger charge is 2.32.